The first-order chi connectivity index (χ1) is 10.6. The average Bonchev–Trinajstić information content (AvgIpc) is 2.96. The Morgan fingerprint density at radius 3 is 2.82 bits per heavy atom. The zero-order chi connectivity index (χ0) is 15.6. The van der Waals surface area contributed by atoms with Crippen LogP contribution in [-0.2, 0) is 6.54 Å². The molecule has 22 heavy (non-hydrogen) atoms. The topological polar surface area (TPSA) is 52.1 Å². The standard InChI is InChI=1S/C16H19F2N3O/c17-14-4-2-12(3-5-14)15-13(8-19-20-15)9-21-7-1-6-16(18,10-21)11-22/h2-5,8,22H,1,6-7,9-11H2,(H,19,20). The fourth-order valence-electron chi connectivity index (χ4n) is 2.98. The predicted octanol–water partition coefficient (Wildman–Crippen LogP) is 2.51. The third-order valence-corrected chi connectivity index (χ3v) is 4.13. The van der Waals surface area contributed by atoms with Crippen LogP contribution in [-0.4, -0.2) is 45.6 Å². The van der Waals surface area contributed by atoms with Gasteiger partial charge in [0.25, 0.3) is 0 Å². The summed E-state index contributed by atoms with van der Waals surface area (Å²) in [5, 5.41) is 16.2. The number of alkyl halides is 1. The van der Waals surface area contributed by atoms with E-state index in [4.69, 9.17) is 0 Å². The van der Waals surface area contributed by atoms with Gasteiger partial charge >= 0.3 is 0 Å². The fraction of sp³-hybridized carbons (Fsp3) is 0.438. The normalized spacial score (nSPS) is 22.9. The number of benzene rings is 1. The number of hydrogen-bond acceptors (Lipinski definition) is 3. The Morgan fingerprint density at radius 2 is 2.09 bits per heavy atom. The van der Waals surface area contributed by atoms with Gasteiger partial charge in [0.05, 0.1) is 18.5 Å². The molecule has 0 saturated carbocycles. The average molecular weight is 307 g/mol. The van der Waals surface area contributed by atoms with Crippen molar-refractivity contribution in [3.63, 3.8) is 0 Å². The molecule has 4 nitrogen and oxygen atoms in total. The summed E-state index contributed by atoms with van der Waals surface area (Å²) in [6.07, 6.45) is 2.84. The van der Waals surface area contributed by atoms with Crippen molar-refractivity contribution in [1.29, 1.82) is 0 Å². The van der Waals surface area contributed by atoms with E-state index in [2.05, 4.69) is 10.2 Å². The SMILES string of the molecule is OCC1(F)CCCN(Cc2cn[nH]c2-c2ccc(F)cc2)C1. The molecule has 0 amide bonds. The van der Waals surface area contributed by atoms with Gasteiger partial charge in [0, 0.05) is 24.2 Å². The van der Waals surface area contributed by atoms with Crippen molar-refractivity contribution < 1.29 is 13.9 Å². The highest BCUT2D eigenvalue weighted by Crippen LogP contribution is 2.28. The van der Waals surface area contributed by atoms with Gasteiger partial charge in [-0.25, -0.2) is 8.78 Å². The first kappa shape index (κ1) is 15.1. The molecule has 2 aromatic rings. The van der Waals surface area contributed by atoms with E-state index in [1.54, 1.807) is 18.3 Å². The second kappa shape index (κ2) is 6.14. The Bertz CT molecular complexity index is 629. The molecule has 1 atom stereocenters. The Labute approximate surface area is 127 Å². The maximum atomic E-state index is 14.3. The van der Waals surface area contributed by atoms with Crippen LogP contribution in [0.5, 0.6) is 0 Å². The summed E-state index contributed by atoms with van der Waals surface area (Å²) in [7, 11) is 0. The summed E-state index contributed by atoms with van der Waals surface area (Å²) in [6.45, 7) is 1.12. The van der Waals surface area contributed by atoms with Crippen LogP contribution in [0.4, 0.5) is 8.78 Å². The number of aromatic nitrogens is 2. The van der Waals surface area contributed by atoms with Gasteiger partial charge in [-0.3, -0.25) is 10.00 Å². The van der Waals surface area contributed by atoms with Gasteiger partial charge in [-0.2, -0.15) is 5.10 Å². The summed E-state index contributed by atoms with van der Waals surface area (Å²) in [6, 6.07) is 6.18. The van der Waals surface area contributed by atoms with Gasteiger partial charge in [-0.1, -0.05) is 0 Å². The van der Waals surface area contributed by atoms with Crippen molar-refractivity contribution in [2.45, 2.75) is 25.1 Å². The molecule has 3 rings (SSSR count). The number of halogens is 2. The molecule has 1 saturated heterocycles. The summed E-state index contributed by atoms with van der Waals surface area (Å²) < 4.78 is 27.3. The molecular weight excluding hydrogens is 288 g/mol. The van der Waals surface area contributed by atoms with E-state index >= 15 is 0 Å². The van der Waals surface area contributed by atoms with E-state index in [0.717, 1.165) is 29.8 Å². The van der Waals surface area contributed by atoms with Crippen molar-refractivity contribution in [2.75, 3.05) is 19.7 Å². The molecule has 0 spiro atoms. The highest BCUT2D eigenvalue weighted by atomic mass is 19.1. The summed E-state index contributed by atoms with van der Waals surface area (Å²) in [5.74, 6) is -0.286. The van der Waals surface area contributed by atoms with Crippen molar-refractivity contribution in [3.05, 3.63) is 41.8 Å². The van der Waals surface area contributed by atoms with Crippen LogP contribution >= 0.6 is 0 Å². The second-order valence-electron chi connectivity index (χ2n) is 5.90. The van der Waals surface area contributed by atoms with E-state index in [-0.39, 0.29) is 12.4 Å². The van der Waals surface area contributed by atoms with Gasteiger partial charge in [0.1, 0.15) is 11.5 Å². The van der Waals surface area contributed by atoms with Crippen molar-refractivity contribution in [3.8, 4) is 11.3 Å². The number of H-pyrrole nitrogens is 1. The Kier molecular flexibility index (Phi) is 4.22. The number of nitrogens with one attached hydrogen (secondary N) is 1. The number of aromatic amines is 1. The van der Waals surface area contributed by atoms with Crippen LogP contribution in [0.1, 0.15) is 18.4 Å². The lowest BCUT2D eigenvalue weighted by molar-refractivity contribution is -0.00379. The van der Waals surface area contributed by atoms with E-state index in [1.165, 1.54) is 12.1 Å². The van der Waals surface area contributed by atoms with Crippen LogP contribution in [0.15, 0.2) is 30.5 Å². The first-order valence-electron chi connectivity index (χ1n) is 7.40. The zero-order valence-corrected chi connectivity index (χ0v) is 12.2. The molecular formula is C16H19F2N3O. The number of likely N-dealkylation sites (tertiary alicyclic amines) is 1. The minimum atomic E-state index is -1.52. The summed E-state index contributed by atoms with van der Waals surface area (Å²) in [5.41, 5.74) is 1.09. The lowest BCUT2D eigenvalue weighted by Crippen LogP contribution is -2.47. The number of aliphatic hydroxyl groups is 1. The third-order valence-electron chi connectivity index (χ3n) is 4.13. The van der Waals surface area contributed by atoms with Crippen molar-refractivity contribution in [2.24, 2.45) is 0 Å². The second-order valence-corrected chi connectivity index (χ2v) is 5.90. The van der Waals surface area contributed by atoms with Crippen LogP contribution in [0.25, 0.3) is 11.3 Å². The minimum Gasteiger partial charge on any atom is -0.393 e. The lowest BCUT2D eigenvalue weighted by atomic mass is 9.95. The molecule has 0 aliphatic carbocycles. The number of rotatable bonds is 4. The molecule has 1 aliphatic rings. The molecule has 1 aromatic heterocycles. The van der Waals surface area contributed by atoms with Gasteiger partial charge in [-0.15, -0.1) is 0 Å². The highest BCUT2D eigenvalue weighted by molar-refractivity contribution is 5.62. The maximum absolute atomic E-state index is 14.3. The maximum Gasteiger partial charge on any atom is 0.146 e. The van der Waals surface area contributed by atoms with E-state index in [0.29, 0.717) is 13.0 Å². The molecule has 1 unspecified atom stereocenters. The number of nitrogens with zero attached hydrogens (tertiary/aromatic N) is 2. The molecule has 6 heteroatoms. The molecule has 0 radical (unpaired) electrons. The molecule has 0 bridgehead atoms. The number of hydrogen-bond donors (Lipinski definition) is 2. The van der Waals surface area contributed by atoms with Gasteiger partial charge in [-0.05, 0) is 43.7 Å². The number of piperidine rings is 1. The zero-order valence-electron chi connectivity index (χ0n) is 12.2. The van der Waals surface area contributed by atoms with Gasteiger partial charge in [0.15, 0.2) is 0 Å². The van der Waals surface area contributed by atoms with E-state index in [9.17, 15) is 13.9 Å². The van der Waals surface area contributed by atoms with Crippen LogP contribution < -0.4 is 0 Å². The van der Waals surface area contributed by atoms with Crippen LogP contribution in [0.3, 0.4) is 0 Å². The Morgan fingerprint density at radius 1 is 1.32 bits per heavy atom. The smallest absolute Gasteiger partial charge is 0.146 e. The molecule has 1 aromatic carbocycles. The van der Waals surface area contributed by atoms with Gasteiger partial charge < -0.3 is 5.11 Å². The van der Waals surface area contributed by atoms with Crippen molar-refractivity contribution in [1.82, 2.24) is 15.1 Å². The summed E-state index contributed by atoms with van der Waals surface area (Å²) >= 11 is 0. The highest BCUT2D eigenvalue weighted by Gasteiger charge is 2.35. The summed E-state index contributed by atoms with van der Waals surface area (Å²) in [4.78, 5) is 1.98. The monoisotopic (exact) mass is 307 g/mol. The Hall–Kier alpha value is -1.79. The fourth-order valence-corrected chi connectivity index (χ4v) is 2.98. The van der Waals surface area contributed by atoms with Crippen LogP contribution in [0, 0.1) is 5.82 Å². The lowest BCUT2D eigenvalue weighted by Gasteiger charge is -2.36. The molecule has 1 aliphatic heterocycles. The quantitative estimate of drug-likeness (QED) is 0.912. The largest absolute Gasteiger partial charge is 0.393 e. The molecule has 118 valence electrons. The van der Waals surface area contributed by atoms with E-state index < -0.39 is 12.3 Å². The molecule has 2 heterocycles. The minimum absolute atomic E-state index is 0.220. The first-order valence-corrected chi connectivity index (χ1v) is 7.40. The molecule has 1 fully saturated rings. The third kappa shape index (κ3) is 3.18. The van der Waals surface area contributed by atoms with Crippen LogP contribution in [0.2, 0.25) is 0 Å². The van der Waals surface area contributed by atoms with E-state index in [1.807, 2.05) is 4.90 Å². The number of aliphatic hydroxyl groups excluding tert-OH is 1. The Balaban J connectivity index is 1.76. The van der Waals surface area contributed by atoms with Gasteiger partial charge in [0.2, 0.25) is 0 Å². The predicted molar refractivity (Wildman–Crippen MR) is 79.4 cm³/mol. The van der Waals surface area contributed by atoms with Crippen molar-refractivity contribution >= 4 is 0 Å². The molecule has 2 N–H and O–H groups in total.